The molecule has 0 saturated heterocycles. The number of hydrogen-bond acceptors (Lipinski definition) is 2. The lowest BCUT2D eigenvalue weighted by atomic mass is 9.76. The van der Waals surface area contributed by atoms with Crippen LogP contribution in [0.4, 0.5) is 0 Å². The van der Waals surface area contributed by atoms with Gasteiger partial charge in [-0.05, 0) is 57.4 Å². The first-order valence-electron chi connectivity index (χ1n) is 8.58. The summed E-state index contributed by atoms with van der Waals surface area (Å²) in [7, 11) is 0. The van der Waals surface area contributed by atoms with Crippen LogP contribution in [0.15, 0.2) is 0 Å². The molecule has 1 saturated carbocycles. The van der Waals surface area contributed by atoms with Gasteiger partial charge >= 0.3 is 0 Å². The first-order chi connectivity index (χ1) is 9.23. The van der Waals surface area contributed by atoms with Crippen molar-refractivity contribution in [2.45, 2.75) is 84.8 Å². The van der Waals surface area contributed by atoms with Gasteiger partial charge < -0.3 is 10.1 Å². The molecule has 1 unspecified atom stereocenters. The van der Waals surface area contributed by atoms with E-state index in [0.717, 1.165) is 24.5 Å². The summed E-state index contributed by atoms with van der Waals surface area (Å²) in [5.41, 5.74) is 0. The van der Waals surface area contributed by atoms with Crippen molar-refractivity contribution in [3.63, 3.8) is 0 Å². The summed E-state index contributed by atoms with van der Waals surface area (Å²) in [5.74, 6) is 1.80. The molecule has 1 rings (SSSR count). The summed E-state index contributed by atoms with van der Waals surface area (Å²) in [6.07, 6.45) is 9.77. The van der Waals surface area contributed by atoms with Crippen LogP contribution >= 0.6 is 0 Å². The number of rotatable bonds is 11. The van der Waals surface area contributed by atoms with E-state index in [0.29, 0.717) is 6.10 Å². The molecule has 0 bridgehead atoms. The molecular weight excluding hydrogens is 234 g/mol. The van der Waals surface area contributed by atoms with Gasteiger partial charge in [0, 0.05) is 12.6 Å². The molecule has 0 amide bonds. The maximum atomic E-state index is 5.67. The maximum absolute atomic E-state index is 5.67. The summed E-state index contributed by atoms with van der Waals surface area (Å²) in [4.78, 5) is 0. The molecule has 1 aliphatic rings. The molecule has 114 valence electrons. The molecule has 2 heteroatoms. The van der Waals surface area contributed by atoms with Crippen molar-refractivity contribution in [2.75, 3.05) is 13.2 Å². The second-order valence-electron chi connectivity index (χ2n) is 6.22. The predicted octanol–water partition coefficient (Wildman–Crippen LogP) is 4.39. The zero-order chi connectivity index (χ0) is 14.1. The van der Waals surface area contributed by atoms with Crippen LogP contribution in [0.3, 0.4) is 0 Å². The van der Waals surface area contributed by atoms with Crippen LogP contribution in [0, 0.1) is 11.8 Å². The lowest BCUT2D eigenvalue weighted by molar-refractivity contribution is -0.0296. The van der Waals surface area contributed by atoms with E-state index in [9.17, 15) is 0 Å². The SMILES string of the molecule is CCCNC(CC(CC)CC)CC1CC(OCC)C1. The zero-order valence-electron chi connectivity index (χ0n) is 13.6. The van der Waals surface area contributed by atoms with Gasteiger partial charge in [0.05, 0.1) is 6.10 Å². The largest absolute Gasteiger partial charge is 0.378 e. The molecule has 2 nitrogen and oxygen atoms in total. The quantitative estimate of drug-likeness (QED) is 0.601. The standard InChI is InChI=1S/C17H35NO/c1-5-9-18-16(10-14(6-2)7-3)11-15-12-17(13-15)19-8-4/h14-18H,5-13H2,1-4H3. The molecule has 0 aliphatic heterocycles. The Morgan fingerprint density at radius 2 is 1.79 bits per heavy atom. The Bertz CT molecular complexity index is 209. The Hall–Kier alpha value is -0.0800. The highest BCUT2D eigenvalue weighted by molar-refractivity contribution is 4.85. The van der Waals surface area contributed by atoms with Crippen LogP contribution in [0.5, 0.6) is 0 Å². The second-order valence-corrected chi connectivity index (χ2v) is 6.22. The van der Waals surface area contributed by atoms with E-state index in [1.54, 1.807) is 0 Å². The highest BCUT2D eigenvalue weighted by Crippen LogP contribution is 2.34. The normalized spacial score (nSPS) is 24.5. The monoisotopic (exact) mass is 269 g/mol. The van der Waals surface area contributed by atoms with Crippen LogP contribution < -0.4 is 5.32 Å². The molecule has 1 fully saturated rings. The van der Waals surface area contributed by atoms with Gasteiger partial charge in [0.25, 0.3) is 0 Å². The Morgan fingerprint density at radius 1 is 1.11 bits per heavy atom. The van der Waals surface area contributed by atoms with E-state index >= 15 is 0 Å². The van der Waals surface area contributed by atoms with E-state index in [4.69, 9.17) is 4.74 Å². The minimum atomic E-state index is 0.565. The molecule has 1 aliphatic carbocycles. The van der Waals surface area contributed by atoms with Crippen molar-refractivity contribution in [2.24, 2.45) is 11.8 Å². The van der Waals surface area contributed by atoms with Crippen LogP contribution in [-0.4, -0.2) is 25.3 Å². The van der Waals surface area contributed by atoms with Crippen LogP contribution in [0.25, 0.3) is 0 Å². The van der Waals surface area contributed by atoms with Gasteiger partial charge in [0.2, 0.25) is 0 Å². The Labute approximate surface area is 120 Å². The number of nitrogens with one attached hydrogen (secondary N) is 1. The summed E-state index contributed by atoms with van der Waals surface area (Å²) in [6.45, 7) is 11.1. The van der Waals surface area contributed by atoms with Gasteiger partial charge in [-0.15, -0.1) is 0 Å². The topological polar surface area (TPSA) is 21.3 Å². The molecule has 0 aromatic carbocycles. The molecule has 0 radical (unpaired) electrons. The Kier molecular flexibility index (Phi) is 8.72. The molecule has 1 N–H and O–H groups in total. The minimum Gasteiger partial charge on any atom is -0.378 e. The van der Waals surface area contributed by atoms with Gasteiger partial charge in [-0.25, -0.2) is 0 Å². The van der Waals surface area contributed by atoms with Crippen molar-refractivity contribution >= 4 is 0 Å². The smallest absolute Gasteiger partial charge is 0.0580 e. The van der Waals surface area contributed by atoms with E-state index in [1.807, 2.05) is 0 Å². The summed E-state index contributed by atoms with van der Waals surface area (Å²) in [6, 6.07) is 0.734. The molecule has 0 heterocycles. The van der Waals surface area contributed by atoms with E-state index < -0.39 is 0 Å². The fourth-order valence-corrected chi connectivity index (χ4v) is 3.28. The van der Waals surface area contributed by atoms with Crippen molar-refractivity contribution in [3.8, 4) is 0 Å². The maximum Gasteiger partial charge on any atom is 0.0580 e. The Balaban J connectivity index is 2.29. The van der Waals surface area contributed by atoms with Gasteiger partial charge in [-0.1, -0.05) is 33.6 Å². The van der Waals surface area contributed by atoms with E-state index in [-0.39, 0.29) is 0 Å². The fraction of sp³-hybridized carbons (Fsp3) is 1.00. The number of hydrogen-bond donors (Lipinski definition) is 1. The summed E-state index contributed by atoms with van der Waals surface area (Å²) >= 11 is 0. The second kappa shape index (κ2) is 9.77. The molecule has 19 heavy (non-hydrogen) atoms. The van der Waals surface area contributed by atoms with Crippen molar-refractivity contribution in [1.29, 1.82) is 0 Å². The highest BCUT2D eigenvalue weighted by Gasteiger charge is 2.31. The molecule has 0 aromatic rings. The average Bonchev–Trinajstić information content (AvgIpc) is 2.38. The lowest BCUT2D eigenvalue weighted by Gasteiger charge is -2.38. The molecule has 0 aromatic heterocycles. The van der Waals surface area contributed by atoms with Gasteiger partial charge in [-0.3, -0.25) is 0 Å². The summed E-state index contributed by atoms with van der Waals surface area (Å²) < 4.78 is 5.67. The van der Waals surface area contributed by atoms with Crippen molar-refractivity contribution in [1.82, 2.24) is 5.32 Å². The predicted molar refractivity (Wildman–Crippen MR) is 83.5 cm³/mol. The van der Waals surface area contributed by atoms with Crippen molar-refractivity contribution < 1.29 is 4.74 Å². The third kappa shape index (κ3) is 6.27. The molecule has 0 spiro atoms. The highest BCUT2D eigenvalue weighted by atomic mass is 16.5. The molecule has 1 atom stereocenters. The Morgan fingerprint density at radius 3 is 2.32 bits per heavy atom. The number of ether oxygens (including phenoxy) is 1. The van der Waals surface area contributed by atoms with E-state index in [1.165, 1.54) is 51.5 Å². The van der Waals surface area contributed by atoms with Crippen LogP contribution in [0.2, 0.25) is 0 Å². The third-order valence-corrected chi connectivity index (χ3v) is 4.67. The third-order valence-electron chi connectivity index (χ3n) is 4.67. The first-order valence-corrected chi connectivity index (χ1v) is 8.58. The van der Waals surface area contributed by atoms with Gasteiger partial charge in [0.1, 0.15) is 0 Å². The zero-order valence-corrected chi connectivity index (χ0v) is 13.6. The summed E-state index contributed by atoms with van der Waals surface area (Å²) in [5, 5.41) is 3.77. The average molecular weight is 269 g/mol. The molecular formula is C17H35NO. The van der Waals surface area contributed by atoms with Gasteiger partial charge in [0.15, 0.2) is 0 Å². The minimum absolute atomic E-state index is 0.565. The first kappa shape index (κ1) is 17.0. The fourth-order valence-electron chi connectivity index (χ4n) is 3.28. The lowest BCUT2D eigenvalue weighted by Crippen LogP contribution is -2.39. The van der Waals surface area contributed by atoms with Crippen LogP contribution in [0.1, 0.15) is 72.6 Å². The van der Waals surface area contributed by atoms with E-state index in [2.05, 4.69) is 33.0 Å². The van der Waals surface area contributed by atoms with Gasteiger partial charge in [-0.2, -0.15) is 0 Å². The van der Waals surface area contributed by atoms with Crippen LogP contribution in [-0.2, 0) is 4.74 Å². The van der Waals surface area contributed by atoms with Crippen molar-refractivity contribution in [3.05, 3.63) is 0 Å².